The molecule has 0 aliphatic carbocycles. The van der Waals surface area contributed by atoms with Crippen LogP contribution in [0.15, 0.2) is 35.6 Å². The Morgan fingerprint density at radius 1 is 0.966 bits per heavy atom. The molecule has 0 unspecified atom stereocenters. The molecule has 0 atom stereocenters. The van der Waals surface area contributed by atoms with E-state index in [1.165, 1.54) is 54.1 Å². The summed E-state index contributed by atoms with van der Waals surface area (Å²) in [6.45, 7) is 16.7. The van der Waals surface area contributed by atoms with Crippen LogP contribution >= 0.6 is 0 Å². The molecular formula is C25H39N3Si. The maximum Gasteiger partial charge on any atom is 0.120 e. The molecule has 0 radical (unpaired) electrons. The summed E-state index contributed by atoms with van der Waals surface area (Å²) in [5.74, 6) is 0. The van der Waals surface area contributed by atoms with Gasteiger partial charge in [-0.2, -0.15) is 0 Å². The van der Waals surface area contributed by atoms with Crippen LogP contribution in [0.25, 0.3) is 16.5 Å². The van der Waals surface area contributed by atoms with E-state index in [1.54, 1.807) is 0 Å². The molecule has 1 aromatic carbocycles. The van der Waals surface area contributed by atoms with Crippen LogP contribution in [-0.2, 0) is 6.54 Å². The summed E-state index contributed by atoms with van der Waals surface area (Å²) in [7, 11) is -1.64. The predicted molar refractivity (Wildman–Crippen MR) is 129 cm³/mol. The van der Waals surface area contributed by atoms with Gasteiger partial charge in [-0.1, -0.05) is 93.7 Å². The van der Waals surface area contributed by atoms with Gasteiger partial charge in [-0.15, -0.1) is 10.8 Å². The zero-order chi connectivity index (χ0) is 21.4. The van der Waals surface area contributed by atoms with Gasteiger partial charge in [0.25, 0.3) is 0 Å². The molecule has 0 amide bonds. The summed E-state index contributed by atoms with van der Waals surface area (Å²) in [6, 6.07) is 8.65. The Bertz CT molecular complexity index is 843. The predicted octanol–water partition coefficient (Wildman–Crippen LogP) is 7.44. The Labute approximate surface area is 178 Å². The largest absolute Gasteiger partial charge is 0.244 e. The SMILES string of the molecule is CCCCCCCCn1nnc(-c2ccc(C)cc2)c1C(=C=C(C)C)[Si](C)(C)C. The zero-order valence-electron chi connectivity index (χ0n) is 19.6. The van der Waals surface area contributed by atoms with Gasteiger partial charge in [-0.25, -0.2) is 4.68 Å². The summed E-state index contributed by atoms with van der Waals surface area (Å²) in [6.07, 6.45) is 7.70. The molecular weight excluding hydrogens is 370 g/mol. The number of nitrogens with zero attached hydrogens (tertiary/aromatic N) is 3. The molecule has 2 rings (SSSR count). The van der Waals surface area contributed by atoms with Gasteiger partial charge in [0, 0.05) is 17.3 Å². The number of aryl methyl sites for hydroxylation is 2. The van der Waals surface area contributed by atoms with Crippen molar-refractivity contribution in [1.29, 1.82) is 0 Å². The van der Waals surface area contributed by atoms with Gasteiger partial charge < -0.3 is 0 Å². The topological polar surface area (TPSA) is 30.7 Å². The number of benzene rings is 1. The Morgan fingerprint density at radius 2 is 1.59 bits per heavy atom. The number of unbranched alkanes of at least 4 members (excludes halogenated alkanes) is 5. The van der Waals surface area contributed by atoms with Gasteiger partial charge in [0.05, 0.1) is 13.8 Å². The fraction of sp³-hybridized carbons (Fsp3) is 0.560. The van der Waals surface area contributed by atoms with E-state index >= 15 is 0 Å². The second-order valence-corrected chi connectivity index (χ2v) is 14.4. The maximum atomic E-state index is 4.65. The van der Waals surface area contributed by atoms with Gasteiger partial charge in [-0.3, -0.25) is 0 Å². The highest BCUT2D eigenvalue weighted by Gasteiger charge is 2.28. The van der Waals surface area contributed by atoms with E-state index in [9.17, 15) is 0 Å². The molecule has 1 heterocycles. The van der Waals surface area contributed by atoms with Crippen LogP contribution in [0.1, 0.15) is 70.6 Å². The van der Waals surface area contributed by atoms with Crippen LogP contribution in [0, 0.1) is 6.92 Å². The van der Waals surface area contributed by atoms with Crippen LogP contribution < -0.4 is 0 Å². The number of aromatic nitrogens is 3. The number of hydrogen-bond acceptors (Lipinski definition) is 2. The maximum absolute atomic E-state index is 4.65. The van der Waals surface area contributed by atoms with E-state index in [4.69, 9.17) is 0 Å². The molecule has 0 fully saturated rings. The van der Waals surface area contributed by atoms with E-state index in [1.807, 2.05) is 0 Å². The molecule has 0 aliphatic heterocycles. The Morgan fingerprint density at radius 3 is 2.17 bits per heavy atom. The first-order valence-electron chi connectivity index (χ1n) is 11.2. The lowest BCUT2D eigenvalue weighted by Crippen LogP contribution is -2.25. The molecule has 0 spiro atoms. The van der Waals surface area contributed by atoms with Crippen LogP contribution in [0.4, 0.5) is 0 Å². The Hall–Kier alpha value is -1.90. The van der Waals surface area contributed by atoms with Crippen molar-refractivity contribution in [2.45, 2.75) is 92.4 Å². The molecule has 0 saturated carbocycles. The monoisotopic (exact) mass is 409 g/mol. The van der Waals surface area contributed by atoms with Gasteiger partial charge in [0.2, 0.25) is 0 Å². The summed E-state index contributed by atoms with van der Waals surface area (Å²) in [5.41, 5.74) is 9.50. The van der Waals surface area contributed by atoms with E-state index in [0.29, 0.717) is 0 Å². The lowest BCUT2D eigenvalue weighted by Gasteiger charge is -2.21. The Kier molecular flexibility index (Phi) is 8.67. The summed E-state index contributed by atoms with van der Waals surface area (Å²) < 4.78 is 2.15. The quantitative estimate of drug-likeness (QED) is 0.232. The van der Waals surface area contributed by atoms with Crippen molar-refractivity contribution in [1.82, 2.24) is 15.0 Å². The van der Waals surface area contributed by atoms with Gasteiger partial charge in [-0.05, 0) is 32.8 Å². The fourth-order valence-electron chi connectivity index (χ4n) is 3.52. The lowest BCUT2D eigenvalue weighted by atomic mass is 10.1. The molecule has 29 heavy (non-hydrogen) atoms. The van der Waals surface area contributed by atoms with Crippen molar-refractivity contribution in [3.8, 4) is 11.3 Å². The second kappa shape index (κ2) is 10.8. The van der Waals surface area contributed by atoms with E-state index in [2.05, 4.69) is 92.3 Å². The molecule has 2 aromatic rings. The minimum atomic E-state index is -1.64. The highest BCUT2D eigenvalue weighted by Crippen LogP contribution is 2.33. The van der Waals surface area contributed by atoms with Crippen molar-refractivity contribution >= 4 is 13.3 Å². The van der Waals surface area contributed by atoms with E-state index in [0.717, 1.165) is 24.2 Å². The normalized spacial score (nSPS) is 11.4. The Balaban J connectivity index is 2.44. The fourth-order valence-corrected chi connectivity index (χ4v) is 5.10. The number of rotatable bonds is 10. The molecule has 3 nitrogen and oxygen atoms in total. The summed E-state index contributed by atoms with van der Waals surface area (Å²) in [4.78, 5) is 0. The third-order valence-electron chi connectivity index (χ3n) is 5.15. The lowest BCUT2D eigenvalue weighted by molar-refractivity contribution is 0.514. The second-order valence-electron chi connectivity index (χ2n) is 9.39. The van der Waals surface area contributed by atoms with Crippen molar-refractivity contribution < 1.29 is 0 Å². The minimum Gasteiger partial charge on any atom is -0.244 e. The number of hydrogen-bond donors (Lipinski definition) is 0. The summed E-state index contributed by atoms with van der Waals surface area (Å²) >= 11 is 0. The average Bonchev–Trinajstić information content (AvgIpc) is 3.05. The molecule has 0 aliphatic rings. The van der Waals surface area contributed by atoms with Crippen molar-refractivity contribution in [2.75, 3.05) is 0 Å². The number of allylic oxidation sites excluding steroid dienone is 1. The van der Waals surface area contributed by atoms with Crippen LogP contribution in [0.3, 0.4) is 0 Å². The summed E-state index contributed by atoms with van der Waals surface area (Å²) in [5, 5.41) is 10.6. The standard InChI is InChI=1S/C25H39N3Si/c1-8-9-10-11-12-13-18-28-25(23(19-20(2)3)29(5,6)7)24(26-27-28)22-16-14-21(4)15-17-22/h14-17H,8-13,18H2,1-7H3. The minimum absolute atomic E-state index is 0.929. The molecule has 4 heteroatoms. The van der Waals surface area contributed by atoms with Crippen LogP contribution in [0.2, 0.25) is 19.6 Å². The zero-order valence-corrected chi connectivity index (χ0v) is 20.6. The molecule has 0 saturated heterocycles. The molecule has 158 valence electrons. The first-order valence-corrected chi connectivity index (χ1v) is 14.7. The van der Waals surface area contributed by atoms with E-state index in [-0.39, 0.29) is 0 Å². The van der Waals surface area contributed by atoms with Crippen molar-refractivity contribution in [2.24, 2.45) is 0 Å². The van der Waals surface area contributed by atoms with Crippen LogP contribution in [0.5, 0.6) is 0 Å². The molecule has 0 N–H and O–H groups in total. The van der Waals surface area contributed by atoms with Crippen molar-refractivity contribution in [3.05, 3.63) is 46.8 Å². The third kappa shape index (κ3) is 6.83. The highest BCUT2D eigenvalue weighted by atomic mass is 28.3. The average molecular weight is 410 g/mol. The first kappa shape index (κ1) is 23.4. The van der Waals surface area contributed by atoms with Crippen molar-refractivity contribution in [3.63, 3.8) is 0 Å². The van der Waals surface area contributed by atoms with Gasteiger partial charge in [0.15, 0.2) is 0 Å². The van der Waals surface area contributed by atoms with Gasteiger partial charge >= 0.3 is 0 Å². The highest BCUT2D eigenvalue weighted by molar-refractivity contribution is 6.93. The molecule has 1 aromatic heterocycles. The van der Waals surface area contributed by atoms with Crippen LogP contribution in [-0.4, -0.2) is 23.1 Å². The van der Waals surface area contributed by atoms with E-state index < -0.39 is 8.07 Å². The molecule has 0 bridgehead atoms. The smallest absolute Gasteiger partial charge is 0.120 e. The first-order chi connectivity index (χ1) is 13.7. The van der Waals surface area contributed by atoms with Gasteiger partial charge in [0.1, 0.15) is 5.69 Å². The third-order valence-corrected chi connectivity index (χ3v) is 7.01.